The molecule has 19 heavy (non-hydrogen) atoms. The van der Waals surface area contributed by atoms with Crippen LogP contribution in [0.2, 0.25) is 5.02 Å². The van der Waals surface area contributed by atoms with E-state index in [9.17, 15) is 9.59 Å². The molecule has 1 aromatic rings. The van der Waals surface area contributed by atoms with E-state index in [4.69, 9.17) is 16.3 Å². The Morgan fingerprint density at radius 1 is 1.32 bits per heavy atom. The minimum atomic E-state index is -0.538. The lowest BCUT2D eigenvalue weighted by atomic mass is 10.1. The number of hydrogen-bond donors (Lipinski definition) is 0. The number of fused-ring (bicyclic) bond motifs is 1. The van der Waals surface area contributed by atoms with Gasteiger partial charge in [-0.25, -0.2) is 0 Å². The quantitative estimate of drug-likeness (QED) is 0.615. The van der Waals surface area contributed by atoms with Crippen molar-refractivity contribution in [1.82, 2.24) is 0 Å². The summed E-state index contributed by atoms with van der Waals surface area (Å²) in [5.74, 6) is -0.627. The number of rotatable bonds is 5. The number of Topliss-reactive ketones (excluding diaryl/α,β-unsaturated/α-hetero) is 1. The minimum Gasteiger partial charge on any atom is -0.379 e. The highest BCUT2D eigenvalue weighted by Gasteiger charge is 2.37. The Kier molecular flexibility index (Phi) is 4.22. The molecule has 0 fully saturated rings. The third kappa shape index (κ3) is 2.80. The van der Waals surface area contributed by atoms with Gasteiger partial charge in [0.2, 0.25) is 0 Å². The van der Waals surface area contributed by atoms with Crippen LogP contribution in [-0.2, 0) is 9.53 Å². The van der Waals surface area contributed by atoms with Gasteiger partial charge in [-0.3, -0.25) is 9.59 Å². The van der Waals surface area contributed by atoms with E-state index in [-0.39, 0.29) is 0 Å². The van der Waals surface area contributed by atoms with Gasteiger partial charge in [0.05, 0.1) is 22.9 Å². The van der Waals surface area contributed by atoms with Crippen molar-refractivity contribution in [3.63, 3.8) is 0 Å². The van der Waals surface area contributed by atoms with Gasteiger partial charge in [0, 0.05) is 13.2 Å². The Bertz CT molecular complexity index is 513. The van der Waals surface area contributed by atoms with Crippen LogP contribution in [0.25, 0.3) is 0 Å². The molecule has 0 radical (unpaired) electrons. The highest BCUT2D eigenvalue weighted by Crippen LogP contribution is 2.33. The summed E-state index contributed by atoms with van der Waals surface area (Å²) in [5, 5.41) is 0.321. The fourth-order valence-corrected chi connectivity index (χ4v) is 2.25. The Morgan fingerprint density at radius 3 is 2.74 bits per heavy atom. The second-order valence-electron chi connectivity index (χ2n) is 4.89. The Morgan fingerprint density at radius 2 is 2.05 bits per heavy atom. The predicted octanol–water partition coefficient (Wildman–Crippen LogP) is 2.54. The molecule has 0 unspecified atom stereocenters. The van der Waals surface area contributed by atoms with Crippen LogP contribution in [-0.4, -0.2) is 31.4 Å². The Labute approximate surface area is 117 Å². The maximum absolute atomic E-state index is 11.9. The molecular formula is C14H16ClNO3. The lowest BCUT2D eigenvalue weighted by Gasteiger charge is -2.17. The molecule has 1 aromatic carbocycles. The van der Waals surface area contributed by atoms with Gasteiger partial charge >= 0.3 is 0 Å². The van der Waals surface area contributed by atoms with Crippen LogP contribution in [0.15, 0.2) is 18.2 Å². The van der Waals surface area contributed by atoms with E-state index < -0.39 is 11.7 Å². The molecule has 0 aliphatic carbocycles. The zero-order valence-corrected chi connectivity index (χ0v) is 11.7. The first kappa shape index (κ1) is 14.0. The summed E-state index contributed by atoms with van der Waals surface area (Å²) >= 11 is 5.97. The van der Waals surface area contributed by atoms with Crippen molar-refractivity contribution >= 4 is 29.0 Å². The van der Waals surface area contributed by atoms with Crippen molar-refractivity contribution in [3.05, 3.63) is 28.8 Å². The maximum atomic E-state index is 11.9. The first-order valence-electron chi connectivity index (χ1n) is 6.24. The summed E-state index contributed by atoms with van der Waals surface area (Å²) in [4.78, 5) is 25.2. The summed E-state index contributed by atoms with van der Waals surface area (Å²) in [7, 11) is 0. The number of halogens is 1. The second-order valence-corrected chi connectivity index (χ2v) is 5.30. The first-order valence-corrected chi connectivity index (χ1v) is 6.62. The summed E-state index contributed by atoms with van der Waals surface area (Å²) < 4.78 is 5.45. The van der Waals surface area contributed by atoms with Crippen molar-refractivity contribution in [2.45, 2.75) is 13.8 Å². The molecule has 102 valence electrons. The Balaban J connectivity index is 2.09. The largest absolute Gasteiger partial charge is 0.379 e. The van der Waals surface area contributed by atoms with E-state index in [1.165, 1.54) is 4.90 Å². The van der Waals surface area contributed by atoms with Crippen LogP contribution in [0.5, 0.6) is 0 Å². The van der Waals surface area contributed by atoms with Gasteiger partial charge in [-0.15, -0.1) is 0 Å². The number of ketones is 1. The SMILES string of the molecule is CC(C)COCCN1C(=O)C(=O)c2c(Cl)cccc21. The highest BCUT2D eigenvalue weighted by atomic mass is 35.5. The average Bonchev–Trinajstić information content (AvgIpc) is 2.60. The third-order valence-electron chi connectivity index (χ3n) is 2.86. The van der Waals surface area contributed by atoms with Gasteiger partial charge in [0.1, 0.15) is 0 Å². The molecule has 1 aliphatic rings. The van der Waals surface area contributed by atoms with E-state index in [0.717, 1.165) is 0 Å². The van der Waals surface area contributed by atoms with Crippen LogP contribution in [0.4, 0.5) is 5.69 Å². The molecule has 0 saturated heterocycles. The van der Waals surface area contributed by atoms with Crippen molar-refractivity contribution in [2.24, 2.45) is 5.92 Å². The molecule has 0 saturated carbocycles. The van der Waals surface area contributed by atoms with Crippen molar-refractivity contribution < 1.29 is 14.3 Å². The summed E-state index contributed by atoms with van der Waals surface area (Å²) in [6.45, 7) is 5.52. The van der Waals surface area contributed by atoms with Gasteiger partial charge in [-0.1, -0.05) is 31.5 Å². The van der Waals surface area contributed by atoms with Gasteiger partial charge in [0.25, 0.3) is 11.7 Å². The third-order valence-corrected chi connectivity index (χ3v) is 3.17. The second kappa shape index (κ2) is 5.72. The van der Waals surface area contributed by atoms with Gasteiger partial charge in [0.15, 0.2) is 0 Å². The monoisotopic (exact) mass is 281 g/mol. The standard InChI is InChI=1S/C14H16ClNO3/c1-9(2)8-19-7-6-16-11-5-3-4-10(15)12(11)13(17)14(16)18/h3-5,9H,6-8H2,1-2H3. The van der Waals surface area contributed by atoms with E-state index in [2.05, 4.69) is 13.8 Å². The van der Waals surface area contributed by atoms with E-state index in [1.807, 2.05) is 0 Å². The van der Waals surface area contributed by atoms with E-state index in [0.29, 0.717) is 41.9 Å². The molecule has 2 rings (SSSR count). The zero-order chi connectivity index (χ0) is 14.0. The first-order chi connectivity index (χ1) is 9.02. The van der Waals surface area contributed by atoms with Crippen LogP contribution in [0.3, 0.4) is 0 Å². The molecule has 0 aromatic heterocycles. The maximum Gasteiger partial charge on any atom is 0.299 e. The number of carbonyl (C=O) groups is 2. The van der Waals surface area contributed by atoms with Crippen LogP contribution in [0.1, 0.15) is 24.2 Å². The zero-order valence-electron chi connectivity index (χ0n) is 11.0. The number of benzene rings is 1. The predicted molar refractivity (Wildman–Crippen MR) is 73.8 cm³/mol. The van der Waals surface area contributed by atoms with Crippen molar-refractivity contribution in [1.29, 1.82) is 0 Å². The number of carbonyl (C=O) groups excluding carboxylic acids is 2. The van der Waals surface area contributed by atoms with Crippen LogP contribution < -0.4 is 4.90 Å². The van der Waals surface area contributed by atoms with Gasteiger partial charge in [-0.05, 0) is 18.1 Å². The van der Waals surface area contributed by atoms with Crippen molar-refractivity contribution in [2.75, 3.05) is 24.7 Å². The molecule has 0 spiro atoms. The van der Waals surface area contributed by atoms with Crippen LogP contribution in [0, 0.1) is 5.92 Å². The number of anilines is 1. The summed E-state index contributed by atoms with van der Waals surface area (Å²) in [6, 6.07) is 5.08. The molecule has 0 N–H and O–H groups in total. The molecular weight excluding hydrogens is 266 g/mol. The molecule has 1 amide bonds. The number of ether oxygens (including phenoxy) is 1. The summed E-state index contributed by atoms with van der Waals surface area (Å²) in [6.07, 6.45) is 0. The molecule has 0 bridgehead atoms. The molecule has 0 atom stereocenters. The lowest BCUT2D eigenvalue weighted by Crippen LogP contribution is -2.33. The summed E-state index contributed by atoms with van der Waals surface area (Å²) in [5.41, 5.74) is 0.883. The normalized spacial score (nSPS) is 14.4. The van der Waals surface area contributed by atoms with E-state index in [1.54, 1.807) is 18.2 Å². The van der Waals surface area contributed by atoms with E-state index >= 15 is 0 Å². The van der Waals surface area contributed by atoms with Gasteiger partial charge < -0.3 is 9.64 Å². The number of hydrogen-bond acceptors (Lipinski definition) is 3. The van der Waals surface area contributed by atoms with Crippen molar-refractivity contribution in [3.8, 4) is 0 Å². The van der Waals surface area contributed by atoms with Crippen LogP contribution >= 0.6 is 11.6 Å². The molecule has 1 aliphatic heterocycles. The molecule has 1 heterocycles. The minimum absolute atomic E-state index is 0.304. The smallest absolute Gasteiger partial charge is 0.299 e. The Hall–Kier alpha value is -1.39. The lowest BCUT2D eigenvalue weighted by molar-refractivity contribution is -0.114. The fourth-order valence-electron chi connectivity index (χ4n) is 2.00. The number of nitrogens with zero attached hydrogens (tertiary/aromatic N) is 1. The fraction of sp³-hybridized carbons (Fsp3) is 0.429. The number of amides is 1. The topological polar surface area (TPSA) is 46.6 Å². The molecule has 5 heteroatoms. The van der Waals surface area contributed by atoms with Gasteiger partial charge in [-0.2, -0.15) is 0 Å². The molecule has 4 nitrogen and oxygen atoms in total. The highest BCUT2D eigenvalue weighted by molar-refractivity contribution is 6.55. The average molecular weight is 282 g/mol.